The van der Waals surface area contributed by atoms with Crippen LogP contribution in [0.2, 0.25) is 0 Å². The van der Waals surface area contributed by atoms with Crippen LogP contribution in [0, 0.1) is 0 Å². The normalized spacial score (nSPS) is 11.0. The summed E-state index contributed by atoms with van der Waals surface area (Å²) in [7, 11) is 0. The van der Waals surface area contributed by atoms with Crippen molar-refractivity contribution in [3.8, 4) is 5.75 Å². The van der Waals surface area contributed by atoms with Crippen LogP contribution in [0.1, 0.15) is 44.0 Å². The average Bonchev–Trinajstić information content (AvgIpc) is 2.63. The van der Waals surface area contributed by atoms with Gasteiger partial charge in [0, 0.05) is 11.8 Å². The molecule has 4 heteroatoms. The summed E-state index contributed by atoms with van der Waals surface area (Å²) in [6.07, 6.45) is 9.73. The van der Waals surface area contributed by atoms with E-state index in [1.54, 1.807) is 36.7 Å². The molecule has 0 aliphatic rings. The van der Waals surface area contributed by atoms with Gasteiger partial charge in [0.25, 0.3) is 5.91 Å². The van der Waals surface area contributed by atoms with E-state index in [9.17, 15) is 4.79 Å². The van der Waals surface area contributed by atoms with Gasteiger partial charge in [-0.1, -0.05) is 17.2 Å². The highest BCUT2D eigenvalue weighted by Crippen LogP contribution is 2.14. The van der Waals surface area contributed by atoms with Gasteiger partial charge in [0.15, 0.2) is 0 Å². The lowest BCUT2D eigenvalue weighted by atomic mass is 10.1. The van der Waals surface area contributed by atoms with Crippen molar-refractivity contribution < 1.29 is 9.53 Å². The fraction of sp³-hybridized carbons (Fsp3) is 0.273. The van der Waals surface area contributed by atoms with Gasteiger partial charge < -0.3 is 10.1 Å². The molecule has 136 valence electrons. The van der Waals surface area contributed by atoms with Crippen molar-refractivity contribution in [2.45, 2.75) is 33.6 Å². The van der Waals surface area contributed by atoms with Gasteiger partial charge in [-0.3, -0.25) is 9.78 Å². The molecule has 2 rings (SSSR count). The van der Waals surface area contributed by atoms with Crippen LogP contribution in [-0.2, 0) is 0 Å². The van der Waals surface area contributed by atoms with Gasteiger partial charge in [-0.05, 0) is 76.1 Å². The number of nitrogens with one attached hydrogen (secondary N) is 1. The van der Waals surface area contributed by atoms with E-state index in [1.807, 2.05) is 12.1 Å². The molecule has 0 aliphatic carbocycles. The van der Waals surface area contributed by atoms with Crippen LogP contribution in [0.25, 0.3) is 0 Å². The Labute approximate surface area is 155 Å². The fourth-order valence-electron chi connectivity index (χ4n) is 2.31. The van der Waals surface area contributed by atoms with Gasteiger partial charge in [0.1, 0.15) is 12.4 Å². The molecule has 1 aromatic heterocycles. The number of anilines is 1. The number of hydrogen-bond donors (Lipinski definition) is 1. The van der Waals surface area contributed by atoms with Crippen LogP contribution in [0.5, 0.6) is 5.75 Å². The second-order valence-corrected chi connectivity index (χ2v) is 6.40. The Hall–Kier alpha value is -2.88. The molecule has 0 saturated carbocycles. The Balaban J connectivity index is 1.81. The molecule has 0 unspecified atom stereocenters. The number of carbonyl (C=O) groups excluding carboxylic acids is 1. The number of rotatable bonds is 8. The molecule has 0 atom stereocenters. The lowest BCUT2D eigenvalue weighted by Crippen LogP contribution is -2.11. The van der Waals surface area contributed by atoms with E-state index < -0.39 is 0 Å². The zero-order valence-electron chi connectivity index (χ0n) is 15.7. The molecule has 4 nitrogen and oxygen atoms in total. The molecular formula is C22H26N2O2. The van der Waals surface area contributed by atoms with E-state index >= 15 is 0 Å². The van der Waals surface area contributed by atoms with E-state index in [0.29, 0.717) is 17.9 Å². The molecule has 26 heavy (non-hydrogen) atoms. The number of hydrogen-bond acceptors (Lipinski definition) is 3. The number of ether oxygens (including phenoxy) is 1. The molecule has 0 saturated heterocycles. The molecule has 0 radical (unpaired) electrons. The highest BCUT2D eigenvalue weighted by atomic mass is 16.5. The number of pyridine rings is 1. The quantitative estimate of drug-likeness (QED) is 0.648. The first-order valence-corrected chi connectivity index (χ1v) is 8.78. The maximum absolute atomic E-state index is 12.2. The third-order valence-electron chi connectivity index (χ3n) is 3.81. The van der Waals surface area contributed by atoms with Gasteiger partial charge in [0.05, 0.1) is 11.9 Å². The zero-order valence-corrected chi connectivity index (χ0v) is 15.7. The van der Waals surface area contributed by atoms with E-state index in [4.69, 9.17) is 4.74 Å². The lowest BCUT2D eigenvalue weighted by molar-refractivity contribution is 0.102. The topological polar surface area (TPSA) is 51.2 Å². The van der Waals surface area contributed by atoms with Crippen molar-refractivity contribution >= 4 is 11.6 Å². The molecule has 2 aromatic rings. The molecule has 1 aromatic carbocycles. The van der Waals surface area contributed by atoms with Crippen LogP contribution in [-0.4, -0.2) is 17.5 Å². The Morgan fingerprint density at radius 3 is 2.54 bits per heavy atom. The Kier molecular flexibility index (Phi) is 7.62. The van der Waals surface area contributed by atoms with Crippen LogP contribution in [0.3, 0.4) is 0 Å². The standard InChI is InChI=1S/C22H26N2O2/c1-17(2)6-4-7-18(3)13-15-26-21-11-9-19(10-12-21)22(25)24-20-8-5-14-23-16-20/h5-6,8-14,16H,4,7,15H2,1-3H3,(H,24,25). The third kappa shape index (κ3) is 6.93. The number of benzene rings is 1. The van der Waals surface area contributed by atoms with Crippen molar-refractivity contribution in [3.63, 3.8) is 0 Å². The summed E-state index contributed by atoms with van der Waals surface area (Å²) in [4.78, 5) is 16.2. The minimum atomic E-state index is -0.167. The number of amides is 1. The van der Waals surface area contributed by atoms with Crippen LogP contribution in [0.15, 0.2) is 72.1 Å². The predicted molar refractivity (Wildman–Crippen MR) is 107 cm³/mol. The van der Waals surface area contributed by atoms with Crippen molar-refractivity contribution in [2.75, 3.05) is 11.9 Å². The van der Waals surface area contributed by atoms with Gasteiger partial charge in [-0.2, -0.15) is 0 Å². The predicted octanol–water partition coefficient (Wildman–Crippen LogP) is 5.41. The van der Waals surface area contributed by atoms with Gasteiger partial charge in [0.2, 0.25) is 0 Å². The summed E-state index contributed by atoms with van der Waals surface area (Å²) in [6.45, 7) is 6.88. The molecule has 0 fully saturated rings. The van der Waals surface area contributed by atoms with Gasteiger partial charge >= 0.3 is 0 Å². The van der Waals surface area contributed by atoms with E-state index in [0.717, 1.165) is 18.6 Å². The highest BCUT2D eigenvalue weighted by molar-refractivity contribution is 6.04. The molecular weight excluding hydrogens is 324 g/mol. The summed E-state index contributed by atoms with van der Waals surface area (Å²) < 4.78 is 5.72. The number of nitrogens with zero attached hydrogens (tertiary/aromatic N) is 1. The van der Waals surface area contributed by atoms with Gasteiger partial charge in [-0.25, -0.2) is 0 Å². The van der Waals surface area contributed by atoms with Crippen molar-refractivity contribution in [2.24, 2.45) is 0 Å². The zero-order chi connectivity index (χ0) is 18.8. The van der Waals surface area contributed by atoms with Gasteiger partial charge in [-0.15, -0.1) is 0 Å². The Morgan fingerprint density at radius 2 is 1.88 bits per heavy atom. The van der Waals surface area contributed by atoms with E-state index in [-0.39, 0.29) is 5.91 Å². The monoisotopic (exact) mass is 350 g/mol. The minimum absolute atomic E-state index is 0.167. The second kappa shape index (κ2) is 10.2. The molecule has 1 heterocycles. The minimum Gasteiger partial charge on any atom is -0.490 e. The molecule has 1 amide bonds. The maximum Gasteiger partial charge on any atom is 0.255 e. The van der Waals surface area contributed by atoms with Crippen molar-refractivity contribution in [1.29, 1.82) is 0 Å². The molecule has 0 bridgehead atoms. The summed E-state index contributed by atoms with van der Waals surface area (Å²) in [6, 6.07) is 10.7. The molecule has 0 aliphatic heterocycles. The maximum atomic E-state index is 12.2. The summed E-state index contributed by atoms with van der Waals surface area (Å²) in [5, 5.41) is 2.81. The summed E-state index contributed by atoms with van der Waals surface area (Å²) in [5.41, 5.74) is 3.91. The van der Waals surface area contributed by atoms with Crippen LogP contribution < -0.4 is 10.1 Å². The number of aromatic nitrogens is 1. The molecule has 0 spiro atoms. The second-order valence-electron chi connectivity index (χ2n) is 6.40. The smallest absolute Gasteiger partial charge is 0.255 e. The average molecular weight is 350 g/mol. The SMILES string of the molecule is CC(C)=CCCC(C)=CCOc1ccc(C(=O)Nc2cccnc2)cc1. The van der Waals surface area contributed by atoms with Crippen LogP contribution in [0.4, 0.5) is 5.69 Å². The van der Waals surface area contributed by atoms with Crippen LogP contribution >= 0.6 is 0 Å². The number of allylic oxidation sites excluding steroid dienone is 3. The summed E-state index contributed by atoms with van der Waals surface area (Å²) >= 11 is 0. The number of carbonyl (C=O) groups is 1. The summed E-state index contributed by atoms with van der Waals surface area (Å²) in [5.74, 6) is 0.579. The largest absolute Gasteiger partial charge is 0.490 e. The Morgan fingerprint density at radius 1 is 1.12 bits per heavy atom. The van der Waals surface area contributed by atoms with E-state index in [1.165, 1.54) is 11.1 Å². The lowest BCUT2D eigenvalue weighted by Gasteiger charge is -2.07. The molecule has 1 N–H and O–H groups in total. The third-order valence-corrected chi connectivity index (χ3v) is 3.81. The fourth-order valence-corrected chi connectivity index (χ4v) is 2.31. The first-order valence-electron chi connectivity index (χ1n) is 8.78. The highest BCUT2D eigenvalue weighted by Gasteiger charge is 2.06. The Bertz CT molecular complexity index is 758. The first-order chi connectivity index (χ1) is 12.5. The first kappa shape index (κ1) is 19.4. The van der Waals surface area contributed by atoms with Crippen molar-refractivity contribution in [3.05, 3.63) is 77.7 Å². The van der Waals surface area contributed by atoms with Crippen molar-refractivity contribution in [1.82, 2.24) is 4.98 Å². The van der Waals surface area contributed by atoms with E-state index in [2.05, 4.69) is 43.2 Å².